The third kappa shape index (κ3) is 8.93. The number of benzene rings is 2. The van der Waals surface area contributed by atoms with E-state index in [1.165, 1.54) is 41.4 Å². The molecule has 15 nitrogen and oxygen atoms in total. The largest absolute Gasteiger partial charge is 0.493 e. The normalized spacial score (nSPS) is 30.5. The van der Waals surface area contributed by atoms with E-state index in [2.05, 4.69) is 0 Å². The van der Waals surface area contributed by atoms with E-state index in [0.717, 1.165) is 11.6 Å². The number of ether oxygens (including phenoxy) is 9. The number of aliphatic hydroxyl groups excluding tert-OH is 5. The molecule has 10 unspecified atom stereocenters. The summed E-state index contributed by atoms with van der Waals surface area (Å²) in [7, 11) is 6.02. The van der Waals surface area contributed by atoms with Crippen molar-refractivity contribution in [2.45, 2.75) is 74.8 Å². The summed E-state index contributed by atoms with van der Waals surface area (Å²) in [6.45, 7) is 1.11. The zero-order chi connectivity index (χ0) is 35.0. The minimum Gasteiger partial charge on any atom is -0.493 e. The van der Waals surface area contributed by atoms with Gasteiger partial charge in [-0.1, -0.05) is 12.1 Å². The Hall–Kier alpha value is -3.51. The van der Waals surface area contributed by atoms with E-state index in [4.69, 9.17) is 42.6 Å². The number of hydrogen-bond acceptors (Lipinski definition) is 15. The molecule has 2 saturated heterocycles. The predicted octanol–water partition coefficient (Wildman–Crippen LogP) is 0.196. The van der Waals surface area contributed by atoms with Gasteiger partial charge in [0.2, 0.25) is 0 Å². The summed E-state index contributed by atoms with van der Waals surface area (Å²) in [4.78, 5) is 12.9. The smallest absolute Gasteiger partial charge is 0.331 e. The van der Waals surface area contributed by atoms with Crippen LogP contribution in [0.15, 0.2) is 42.5 Å². The molecule has 4 rings (SSSR count). The SMILES string of the molecule is COc1ccc(/C=C/C(=O)OC2C(COC3OC(C)C(O)C(O)C3O)OC(OCCc3ccc(OC)c(OC)c3)C(O)C2O)cc1OC. The second kappa shape index (κ2) is 17.2. The van der Waals surface area contributed by atoms with Crippen molar-refractivity contribution in [3.8, 4) is 23.0 Å². The van der Waals surface area contributed by atoms with Crippen LogP contribution >= 0.6 is 0 Å². The highest BCUT2D eigenvalue weighted by Gasteiger charge is 2.49. The summed E-state index contributed by atoms with van der Waals surface area (Å²) in [5.41, 5.74) is 1.43. The first-order chi connectivity index (χ1) is 23.0. The maximum atomic E-state index is 12.9. The highest BCUT2D eigenvalue weighted by atomic mass is 16.7. The van der Waals surface area contributed by atoms with Gasteiger partial charge in [0.25, 0.3) is 0 Å². The molecule has 2 aromatic carbocycles. The Balaban J connectivity index is 1.46. The number of aliphatic hydroxyl groups is 5. The zero-order valence-corrected chi connectivity index (χ0v) is 27.3. The lowest BCUT2D eigenvalue weighted by atomic mass is 9.98. The molecule has 0 aromatic heterocycles. The Morgan fingerprint density at radius 2 is 1.33 bits per heavy atom. The maximum Gasteiger partial charge on any atom is 0.331 e. The fourth-order valence-electron chi connectivity index (χ4n) is 5.29. The van der Waals surface area contributed by atoms with Crippen LogP contribution in [0, 0.1) is 0 Å². The third-order valence-electron chi connectivity index (χ3n) is 8.07. The molecule has 2 aromatic rings. The molecule has 266 valence electrons. The molecule has 10 atom stereocenters. The third-order valence-corrected chi connectivity index (χ3v) is 8.07. The van der Waals surface area contributed by atoms with Crippen LogP contribution < -0.4 is 18.9 Å². The molecule has 0 bridgehead atoms. The van der Waals surface area contributed by atoms with E-state index in [1.807, 2.05) is 6.07 Å². The van der Waals surface area contributed by atoms with Crippen LogP contribution in [0.1, 0.15) is 18.1 Å². The van der Waals surface area contributed by atoms with Crippen molar-refractivity contribution in [2.75, 3.05) is 41.7 Å². The molecule has 0 saturated carbocycles. The van der Waals surface area contributed by atoms with Crippen LogP contribution in [0.3, 0.4) is 0 Å². The van der Waals surface area contributed by atoms with Gasteiger partial charge in [0, 0.05) is 6.08 Å². The van der Waals surface area contributed by atoms with Gasteiger partial charge in [-0.15, -0.1) is 0 Å². The van der Waals surface area contributed by atoms with Crippen LogP contribution in [-0.2, 0) is 34.9 Å². The van der Waals surface area contributed by atoms with Crippen LogP contribution in [0.25, 0.3) is 6.08 Å². The summed E-state index contributed by atoms with van der Waals surface area (Å²) in [6, 6.07) is 10.3. The molecule has 15 heteroatoms. The summed E-state index contributed by atoms with van der Waals surface area (Å²) < 4.78 is 49.6. The number of carbonyl (C=O) groups excluding carboxylic acids is 1. The molecule has 2 aliphatic rings. The first kappa shape index (κ1) is 37.3. The van der Waals surface area contributed by atoms with Gasteiger partial charge in [-0.05, 0) is 54.8 Å². The van der Waals surface area contributed by atoms with Crippen molar-refractivity contribution in [3.05, 3.63) is 53.6 Å². The summed E-state index contributed by atoms with van der Waals surface area (Å²) in [6.07, 6.45) is -11.2. The Morgan fingerprint density at radius 1 is 0.729 bits per heavy atom. The molecule has 5 N–H and O–H groups in total. The molecular formula is C33H44O15. The van der Waals surface area contributed by atoms with Gasteiger partial charge in [-0.2, -0.15) is 0 Å². The van der Waals surface area contributed by atoms with E-state index in [0.29, 0.717) is 35.0 Å². The molecule has 0 spiro atoms. The van der Waals surface area contributed by atoms with Crippen molar-refractivity contribution in [1.29, 1.82) is 0 Å². The number of methoxy groups -OCH3 is 4. The minimum atomic E-state index is -1.68. The van der Waals surface area contributed by atoms with E-state index in [-0.39, 0.29) is 6.61 Å². The van der Waals surface area contributed by atoms with Crippen LogP contribution in [0.5, 0.6) is 23.0 Å². The first-order valence-corrected chi connectivity index (χ1v) is 15.3. The monoisotopic (exact) mass is 680 g/mol. The molecule has 2 heterocycles. The number of hydrogen-bond donors (Lipinski definition) is 5. The maximum absolute atomic E-state index is 12.9. The fraction of sp³-hybridized carbons (Fsp3) is 0.545. The second-order valence-electron chi connectivity index (χ2n) is 11.2. The van der Waals surface area contributed by atoms with Gasteiger partial charge < -0.3 is 68.2 Å². The lowest BCUT2D eigenvalue weighted by molar-refractivity contribution is -0.328. The van der Waals surface area contributed by atoms with Gasteiger partial charge in [-0.25, -0.2) is 4.79 Å². The molecular weight excluding hydrogens is 636 g/mol. The lowest BCUT2D eigenvalue weighted by Gasteiger charge is -2.43. The van der Waals surface area contributed by atoms with Crippen molar-refractivity contribution in [2.24, 2.45) is 0 Å². The zero-order valence-electron chi connectivity index (χ0n) is 27.3. The Labute approximate surface area is 278 Å². The van der Waals surface area contributed by atoms with Gasteiger partial charge in [0.1, 0.15) is 36.6 Å². The van der Waals surface area contributed by atoms with Gasteiger partial charge in [0.05, 0.1) is 47.8 Å². The van der Waals surface area contributed by atoms with E-state index < -0.39 is 74.0 Å². The van der Waals surface area contributed by atoms with Gasteiger partial charge >= 0.3 is 5.97 Å². The van der Waals surface area contributed by atoms with Gasteiger partial charge in [-0.3, -0.25) is 0 Å². The minimum absolute atomic E-state index is 0.0576. The predicted molar refractivity (Wildman–Crippen MR) is 167 cm³/mol. The lowest BCUT2D eigenvalue weighted by Crippen LogP contribution is -2.62. The second-order valence-corrected chi connectivity index (χ2v) is 11.2. The standard InChI is InChI=1S/C33H44O15/c1-17-26(35)27(36)29(38)33(46-17)45-16-24-31(48-25(34)11-8-18-6-9-20(40-2)22(14-18)42-4)28(37)30(39)32(47-24)44-13-12-19-7-10-21(41-3)23(15-19)43-5/h6-11,14-15,17,24,26-33,35-39H,12-13,16H2,1-5H3/b11-8+. The Kier molecular flexibility index (Phi) is 13.4. The average molecular weight is 681 g/mol. The highest BCUT2D eigenvalue weighted by Crippen LogP contribution is 2.31. The van der Waals surface area contributed by atoms with Crippen LogP contribution in [-0.4, -0.2) is 135 Å². The van der Waals surface area contributed by atoms with E-state index in [9.17, 15) is 30.3 Å². The van der Waals surface area contributed by atoms with E-state index in [1.54, 1.807) is 30.3 Å². The van der Waals surface area contributed by atoms with Crippen molar-refractivity contribution in [3.63, 3.8) is 0 Å². The quantitative estimate of drug-likeness (QED) is 0.134. The Bertz CT molecular complexity index is 1370. The van der Waals surface area contributed by atoms with Crippen molar-refractivity contribution >= 4 is 12.0 Å². The topological polar surface area (TPSA) is 201 Å². The number of carbonyl (C=O) groups is 1. The fourth-order valence-corrected chi connectivity index (χ4v) is 5.29. The van der Waals surface area contributed by atoms with Crippen molar-refractivity contribution in [1.82, 2.24) is 0 Å². The average Bonchev–Trinajstić information content (AvgIpc) is 3.10. The van der Waals surface area contributed by atoms with E-state index >= 15 is 0 Å². The number of rotatable bonds is 14. The van der Waals surface area contributed by atoms with Crippen LogP contribution in [0.2, 0.25) is 0 Å². The molecule has 2 fully saturated rings. The molecule has 0 aliphatic carbocycles. The molecule has 48 heavy (non-hydrogen) atoms. The molecule has 2 aliphatic heterocycles. The molecule has 0 amide bonds. The summed E-state index contributed by atoms with van der Waals surface area (Å²) in [5.74, 6) is 1.16. The summed E-state index contributed by atoms with van der Waals surface area (Å²) >= 11 is 0. The number of esters is 1. The summed E-state index contributed by atoms with van der Waals surface area (Å²) in [5, 5.41) is 52.6. The first-order valence-electron chi connectivity index (χ1n) is 15.3. The van der Waals surface area contributed by atoms with Crippen molar-refractivity contribution < 1.29 is 73.0 Å². The molecule has 0 radical (unpaired) electrons. The van der Waals surface area contributed by atoms with Crippen LogP contribution in [0.4, 0.5) is 0 Å². The van der Waals surface area contributed by atoms with Gasteiger partial charge in [0.15, 0.2) is 41.7 Å². The Morgan fingerprint density at radius 3 is 2.00 bits per heavy atom. The highest BCUT2D eigenvalue weighted by molar-refractivity contribution is 5.87.